The summed E-state index contributed by atoms with van der Waals surface area (Å²) in [6, 6.07) is 0.106. The van der Waals surface area contributed by atoms with E-state index in [9.17, 15) is 0 Å². The largest absolute Gasteiger partial charge is 0.395 e. The van der Waals surface area contributed by atoms with Gasteiger partial charge in [-0.25, -0.2) is 0 Å². The zero-order valence-electron chi connectivity index (χ0n) is 7.47. The minimum Gasteiger partial charge on any atom is -0.395 e. The summed E-state index contributed by atoms with van der Waals surface area (Å²) in [5.74, 6) is 0. The number of hydrogen-bond donors (Lipinski definition) is 2. The molecule has 1 unspecified atom stereocenters. The average Bonchev–Trinajstić information content (AvgIpc) is 2.05. The van der Waals surface area contributed by atoms with E-state index in [2.05, 4.69) is 12.2 Å². The number of aliphatic hydroxyl groups is 1. The molecule has 0 aliphatic heterocycles. The molecular formula is C8H19NO2. The maximum absolute atomic E-state index is 8.84. The summed E-state index contributed by atoms with van der Waals surface area (Å²) in [5.41, 5.74) is 0. The second kappa shape index (κ2) is 7.98. The van der Waals surface area contributed by atoms with Crippen LogP contribution in [0.25, 0.3) is 0 Å². The van der Waals surface area contributed by atoms with Gasteiger partial charge in [0.25, 0.3) is 0 Å². The van der Waals surface area contributed by atoms with Crippen molar-refractivity contribution in [2.45, 2.75) is 26.3 Å². The molecule has 0 saturated carbocycles. The van der Waals surface area contributed by atoms with Gasteiger partial charge in [-0.3, -0.25) is 0 Å². The quantitative estimate of drug-likeness (QED) is 0.567. The van der Waals surface area contributed by atoms with Gasteiger partial charge in [0.05, 0.1) is 19.3 Å². The first kappa shape index (κ1) is 10.9. The molecule has 0 saturated heterocycles. The van der Waals surface area contributed by atoms with Crippen LogP contribution in [0.5, 0.6) is 0 Å². The van der Waals surface area contributed by atoms with E-state index < -0.39 is 0 Å². The predicted octanol–water partition coefficient (Wildman–Crippen LogP) is 0.383. The van der Waals surface area contributed by atoms with E-state index in [1.807, 2.05) is 6.92 Å². The first-order chi connectivity index (χ1) is 5.35. The lowest BCUT2D eigenvalue weighted by Gasteiger charge is -2.14. The van der Waals surface area contributed by atoms with E-state index in [1.165, 1.54) is 0 Å². The van der Waals surface area contributed by atoms with Crippen LogP contribution in [0.4, 0.5) is 0 Å². The second-order valence-electron chi connectivity index (χ2n) is 2.49. The van der Waals surface area contributed by atoms with Gasteiger partial charge in [-0.05, 0) is 19.9 Å². The van der Waals surface area contributed by atoms with Gasteiger partial charge in [0, 0.05) is 6.61 Å². The van der Waals surface area contributed by atoms with Crippen LogP contribution in [0.15, 0.2) is 0 Å². The lowest BCUT2D eigenvalue weighted by Crippen LogP contribution is -2.37. The molecule has 0 rings (SSSR count). The molecule has 0 fully saturated rings. The first-order valence-corrected chi connectivity index (χ1v) is 4.27. The smallest absolute Gasteiger partial charge is 0.0641 e. The van der Waals surface area contributed by atoms with Crippen molar-refractivity contribution in [1.29, 1.82) is 0 Å². The number of ether oxygens (including phenoxy) is 1. The third kappa shape index (κ3) is 6.28. The summed E-state index contributed by atoms with van der Waals surface area (Å²) < 4.78 is 5.16. The predicted molar refractivity (Wildman–Crippen MR) is 45.7 cm³/mol. The molecule has 0 heterocycles. The summed E-state index contributed by atoms with van der Waals surface area (Å²) in [6.07, 6.45) is 1.09. The van der Waals surface area contributed by atoms with Crippen LogP contribution in [0.2, 0.25) is 0 Å². The molecule has 1 atom stereocenters. The summed E-state index contributed by atoms with van der Waals surface area (Å²) in [5, 5.41) is 12.0. The Morgan fingerprint density at radius 3 is 2.64 bits per heavy atom. The minimum atomic E-state index is 0.106. The second-order valence-corrected chi connectivity index (χ2v) is 2.49. The van der Waals surface area contributed by atoms with E-state index in [1.54, 1.807) is 0 Å². The lowest BCUT2D eigenvalue weighted by atomic mass is 10.3. The van der Waals surface area contributed by atoms with Crippen LogP contribution in [0.3, 0.4) is 0 Å². The highest BCUT2D eigenvalue weighted by Gasteiger charge is 2.03. The van der Waals surface area contributed by atoms with Gasteiger partial charge in [0.2, 0.25) is 0 Å². The molecule has 0 bridgehead atoms. The van der Waals surface area contributed by atoms with Crippen LogP contribution in [-0.2, 0) is 4.74 Å². The monoisotopic (exact) mass is 161 g/mol. The number of aliphatic hydroxyl groups excluding tert-OH is 1. The maximum atomic E-state index is 8.84. The molecule has 2 N–H and O–H groups in total. The van der Waals surface area contributed by atoms with Gasteiger partial charge in [-0.2, -0.15) is 0 Å². The molecule has 11 heavy (non-hydrogen) atoms. The fourth-order valence-corrected chi connectivity index (χ4v) is 0.785. The SMILES string of the molecule is CCCNC(CO)COCC. The number of nitrogens with one attached hydrogen (secondary N) is 1. The van der Waals surface area contributed by atoms with Crippen LogP contribution in [0, 0.1) is 0 Å². The fraction of sp³-hybridized carbons (Fsp3) is 1.00. The summed E-state index contributed by atoms with van der Waals surface area (Å²) in [6.45, 7) is 6.46. The third-order valence-electron chi connectivity index (χ3n) is 1.43. The molecule has 0 amide bonds. The molecule has 0 aromatic carbocycles. The molecule has 3 nitrogen and oxygen atoms in total. The van der Waals surface area contributed by atoms with Crippen molar-refractivity contribution in [2.24, 2.45) is 0 Å². The highest BCUT2D eigenvalue weighted by Crippen LogP contribution is 1.85. The Morgan fingerprint density at radius 2 is 2.18 bits per heavy atom. The molecule has 0 aliphatic carbocycles. The zero-order chi connectivity index (χ0) is 8.53. The Balaban J connectivity index is 3.25. The van der Waals surface area contributed by atoms with Gasteiger partial charge in [-0.15, -0.1) is 0 Å². The van der Waals surface area contributed by atoms with Crippen molar-refractivity contribution in [3.8, 4) is 0 Å². The molecule has 0 aromatic rings. The van der Waals surface area contributed by atoms with E-state index in [0.29, 0.717) is 13.2 Å². The standard InChI is InChI=1S/C8H19NO2/c1-3-5-9-8(6-10)7-11-4-2/h8-10H,3-7H2,1-2H3. The molecule has 0 radical (unpaired) electrons. The van der Waals surface area contributed by atoms with Crippen LogP contribution in [0.1, 0.15) is 20.3 Å². The molecule has 0 spiro atoms. The minimum absolute atomic E-state index is 0.106. The molecule has 0 aromatic heterocycles. The van der Waals surface area contributed by atoms with E-state index in [4.69, 9.17) is 9.84 Å². The maximum Gasteiger partial charge on any atom is 0.0641 e. The topological polar surface area (TPSA) is 41.5 Å². The van der Waals surface area contributed by atoms with E-state index in [-0.39, 0.29) is 12.6 Å². The lowest BCUT2D eigenvalue weighted by molar-refractivity contribution is 0.0976. The van der Waals surface area contributed by atoms with Gasteiger partial charge < -0.3 is 15.2 Å². The average molecular weight is 161 g/mol. The Morgan fingerprint density at radius 1 is 1.45 bits per heavy atom. The van der Waals surface area contributed by atoms with Crippen molar-refractivity contribution in [1.82, 2.24) is 5.32 Å². The zero-order valence-corrected chi connectivity index (χ0v) is 7.47. The highest BCUT2D eigenvalue weighted by molar-refractivity contribution is 4.62. The van der Waals surface area contributed by atoms with Crippen molar-refractivity contribution < 1.29 is 9.84 Å². The fourth-order valence-electron chi connectivity index (χ4n) is 0.785. The van der Waals surface area contributed by atoms with Crippen molar-refractivity contribution in [3.63, 3.8) is 0 Å². The van der Waals surface area contributed by atoms with E-state index >= 15 is 0 Å². The third-order valence-corrected chi connectivity index (χ3v) is 1.43. The van der Waals surface area contributed by atoms with Gasteiger partial charge in [0.15, 0.2) is 0 Å². The van der Waals surface area contributed by atoms with Crippen LogP contribution < -0.4 is 5.32 Å². The Hall–Kier alpha value is -0.120. The summed E-state index contributed by atoms with van der Waals surface area (Å²) in [7, 11) is 0. The number of hydrogen-bond acceptors (Lipinski definition) is 3. The number of rotatable bonds is 7. The first-order valence-electron chi connectivity index (χ1n) is 4.27. The summed E-state index contributed by atoms with van der Waals surface area (Å²) >= 11 is 0. The van der Waals surface area contributed by atoms with Crippen molar-refractivity contribution >= 4 is 0 Å². The van der Waals surface area contributed by atoms with Crippen molar-refractivity contribution in [3.05, 3.63) is 0 Å². The van der Waals surface area contributed by atoms with Crippen molar-refractivity contribution in [2.75, 3.05) is 26.4 Å². The van der Waals surface area contributed by atoms with E-state index in [0.717, 1.165) is 13.0 Å². The van der Waals surface area contributed by atoms with Gasteiger partial charge in [-0.1, -0.05) is 6.92 Å². The van der Waals surface area contributed by atoms with Gasteiger partial charge >= 0.3 is 0 Å². The van der Waals surface area contributed by atoms with Crippen LogP contribution in [-0.4, -0.2) is 37.5 Å². The Kier molecular flexibility index (Phi) is 7.89. The molecule has 0 aliphatic rings. The molecule has 68 valence electrons. The van der Waals surface area contributed by atoms with Gasteiger partial charge in [0.1, 0.15) is 0 Å². The normalized spacial score (nSPS) is 13.4. The highest BCUT2D eigenvalue weighted by atomic mass is 16.5. The molecule has 3 heteroatoms. The molecular weight excluding hydrogens is 142 g/mol. The summed E-state index contributed by atoms with van der Waals surface area (Å²) in [4.78, 5) is 0. The van der Waals surface area contributed by atoms with Crippen LogP contribution >= 0.6 is 0 Å². The Labute approximate surface area is 68.8 Å². The Bertz CT molecular complexity index is 70.5.